The van der Waals surface area contributed by atoms with E-state index in [0.29, 0.717) is 37.8 Å². The van der Waals surface area contributed by atoms with E-state index in [1.165, 1.54) is 6.07 Å². The first-order valence-corrected chi connectivity index (χ1v) is 14.3. The van der Waals surface area contributed by atoms with Gasteiger partial charge in [0.15, 0.2) is 0 Å². The average Bonchev–Trinajstić information content (AvgIpc) is 3.05. The number of amides is 2. The summed E-state index contributed by atoms with van der Waals surface area (Å²) in [6.07, 6.45) is 1.69. The van der Waals surface area contributed by atoms with Gasteiger partial charge >= 0.3 is 0 Å². The Bertz CT molecular complexity index is 1450. The molecule has 0 aliphatic carbocycles. The van der Waals surface area contributed by atoms with Gasteiger partial charge < -0.3 is 9.80 Å². The highest BCUT2D eigenvalue weighted by Crippen LogP contribution is 2.27. The van der Waals surface area contributed by atoms with E-state index in [1.807, 2.05) is 77.7 Å². The second-order valence-electron chi connectivity index (χ2n) is 10.7. The molecule has 2 fully saturated rings. The van der Waals surface area contributed by atoms with E-state index in [4.69, 9.17) is 4.98 Å². The van der Waals surface area contributed by atoms with E-state index in [0.717, 1.165) is 48.4 Å². The number of hydrogen-bond acceptors (Lipinski definition) is 4. The van der Waals surface area contributed by atoms with Crippen LogP contribution in [0.25, 0.3) is 22.5 Å². The van der Waals surface area contributed by atoms with Crippen LogP contribution < -0.4 is 0 Å². The standard InChI is InChI=1S/C34H33FN4O2/c35-30-14-8-7-13-29(30)34(41)38-17-15-28(16-18-38)37-19-21-39(22-20-37)33(40)27-23-31(25-9-3-1-4-10-25)36-32(24-27)26-11-5-2-6-12-26/h1-14,23-24,28H,15-22H2. The number of halogens is 1. The molecule has 3 aromatic carbocycles. The van der Waals surface area contributed by atoms with E-state index in [2.05, 4.69) is 4.90 Å². The van der Waals surface area contributed by atoms with Gasteiger partial charge in [0.2, 0.25) is 0 Å². The van der Waals surface area contributed by atoms with Crippen molar-refractivity contribution in [3.63, 3.8) is 0 Å². The minimum atomic E-state index is -0.471. The average molecular weight is 549 g/mol. The van der Waals surface area contributed by atoms with Crippen molar-refractivity contribution >= 4 is 11.8 Å². The van der Waals surface area contributed by atoms with Gasteiger partial charge in [-0.2, -0.15) is 0 Å². The molecule has 2 aliphatic heterocycles. The summed E-state index contributed by atoms with van der Waals surface area (Å²) in [5, 5.41) is 0. The lowest BCUT2D eigenvalue weighted by atomic mass is 10.0. The summed E-state index contributed by atoms with van der Waals surface area (Å²) in [6, 6.07) is 30.2. The fraction of sp³-hybridized carbons (Fsp3) is 0.265. The van der Waals surface area contributed by atoms with Gasteiger partial charge in [0, 0.05) is 62.0 Å². The molecule has 7 heteroatoms. The molecule has 3 heterocycles. The summed E-state index contributed by atoms with van der Waals surface area (Å²) in [4.78, 5) is 37.6. The van der Waals surface area contributed by atoms with Gasteiger partial charge in [-0.05, 0) is 37.1 Å². The molecule has 0 spiro atoms. The minimum Gasteiger partial charge on any atom is -0.338 e. The second kappa shape index (κ2) is 12.0. The number of rotatable bonds is 5. The SMILES string of the molecule is O=C(c1cc(-c2ccccc2)nc(-c2ccccc2)c1)N1CCN(C2CCN(C(=O)c3ccccc3F)CC2)CC1. The Morgan fingerprint density at radius 2 is 1.15 bits per heavy atom. The molecular formula is C34H33FN4O2. The van der Waals surface area contributed by atoms with Gasteiger partial charge in [0.25, 0.3) is 11.8 Å². The van der Waals surface area contributed by atoms with Crippen molar-refractivity contribution in [1.29, 1.82) is 0 Å². The van der Waals surface area contributed by atoms with Crippen LogP contribution in [-0.2, 0) is 0 Å². The number of likely N-dealkylation sites (tertiary alicyclic amines) is 1. The van der Waals surface area contributed by atoms with E-state index in [9.17, 15) is 14.0 Å². The van der Waals surface area contributed by atoms with Crippen LogP contribution in [0.15, 0.2) is 97.1 Å². The van der Waals surface area contributed by atoms with E-state index in [-0.39, 0.29) is 17.4 Å². The van der Waals surface area contributed by atoms with Crippen LogP contribution in [0.2, 0.25) is 0 Å². The van der Waals surface area contributed by atoms with Gasteiger partial charge in [0.05, 0.1) is 17.0 Å². The van der Waals surface area contributed by atoms with E-state index in [1.54, 1.807) is 23.1 Å². The maximum Gasteiger partial charge on any atom is 0.256 e. The number of pyridine rings is 1. The van der Waals surface area contributed by atoms with Crippen LogP contribution in [0.1, 0.15) is 33.6 Å². The smallest absolute Gasteiger partial charge is 0.256 e. The normalized spacial score (nSPS) is 16.5. The number of hydrogen-bond donors (Lipinski definition) is 0. The first kappa shape index (κ1) is 26.8. The lowest BCUT2D eigenvalue weighted by molar-refractivity contribution is 0.0410. The Balaban J connectivity index is 1.11. The Labute approximate surface area is 240 Å². The zero-order valence-corrected chi connectivity index (χ0v) is 23.0. The van der Waals surface area contributed by atoms with Crippen LogP contribution in [0.4, 0.5) is 4.39 Å². The number of carbonyl (C=O) groups excluding carboxylic acids is 2. The molecule has 6 nitrogen and oxygen atoms in total. The number of nitrogens with zero attached hydrogens (tertiary/aromatic N) is 4. The molecule has 0 bridgehead atoms. The third kappa shape index (κ3) is 5.91. The number of piperazine rings is 1. The fourth-order valence-corrected chi connectivity index (χ4v) is 5.88. The molecule has 2 aliphatic rings. The zero-order valence-electron chi connectivity index (χ0n) is 23.0. The maximum atomic E-state index is 14.1. The molecule has 41 heavy (non-hydrogen) atoms. The van der Waals surface area contributed by atoms with Crippen molar-refractivity contribution in [2.45, 2.75) is 18.9 Å². The van der Waals surface area contributed by atoms with E-state index >= 15 is 0 Å². The third-order valence-electron chi connectivity index (χ3n) is 8.19. The Hall–Kier alpha value is -4.36. The van der Waals surface area contributed by atoms with Crippen LogP contribution in [0.3, 0.4) is 0 Å². The highest BCUT2D eigenvalue weighted by atomic mass is 19.1. The van der Waals surface area contributed by atoms with Crippen molar-refractivity contribution in [3.8, 4) is 22.5 Å². The molecule has 0 saturated carbocycles. The third-order valence-corrected chi connectivity index (χ3v) is 8.19. The highest BCUT2D eigenvalue weighted by molar-refractivity contribution is 5.96. The molecule has 2 amide bonds. The Morgan fingerprint density at radius 3 is 1.71 bits per heavy atom. The fourth-order valence-electron chi connectivity index (χ4n) is 5.88. The van der Waals surface area contributed by atoms with Crippen molar-refractivity contribution in [3.05, 3.63) is 114 Å². The summed E-state index contributed by atoms with van der Waals surface area (Å²) in [6.45, 7) is 4.10. The number of carbonyl (C=O) groups is 2. The van der Waals surface area contributed by atoms with Crippen molar-refractivity contribution in [2.24, 2.45) is 0 Å². The predicted octanol–water partition coefficient (Wildman–Crippen LogP) is 5.62. The summed E-state index contributed by atoms with van der Waals surface area (Å²) in [7, 11) is 0. The molecule has 0 N–H and O–H groups in total. The van der Waals surface area contributed by atoms with Crippen LogP contribution in [0.5, 0.6) is 0 Å². The van der Waals surface area contributed by atoms with E-state index < -0.39 is 5.82 Å². The summed E-state index contributed by atoms with van der Waals surface area (Å²) < 4.78 is 14.1. The van der Waals surface area contributed by atoms with Crippen LogP contribution >= 0.6 is 0 Å². The first-order valence-electron chi connectivity index (χ1n) is 14.3. The lowest BCUT2D eigenvalue weighted by Gasteiger charge is -2.42. The molecule has 6 rings (SSSR count). The summed E-state index contributed by atoms with van der Waals surface area (Å²) in [5.74, 6) is -0.688. The van der Waals surface area contributed by atoms with Crippen LogP contribution in [-0.4, -0.2) is 76.8 Å². The number of benzene rings is 3. The first-order chi connectivity index (χ1) is 20.1. The molecule has 2 saturated heterocycles. The van der Waals surface area contributed by atoms with Crippen molar-refractivity contribution in [2.75, 3.05) is 39.3 Å². The highest BCUT2D eigenvalue weighted by Gasteiger charge is 2.31. The summed E-state index contributed by atoms with van der Waals surface area (Å²) >= 11 is 0. The summed E-state index contributed by atoms with van der Waals surface area (Å²) in [5.41, 5.74) is 4.30. The predicted molar refractivity (Wildman–Crippen MR) is 158 cm³/mol. The Kier molecular flexibility index (Phi) is 7.87. The van der Waals surface area contributed by atoms with Crippen LogP contribution in [0, 0.1) is 5.82 Å². The van der Waals surface area contributed by atoms with Crippen molar-refractivity contribution < 1.29 is 14.0 Å². The lowest BCUT2D eigenvalue weighted by Crippen LogP contribution is -2.54. The number of aromatic nitrogens is 1. The van der Waals surface area contributed by atoms with Gasteiger partial charge in [-0.15, -0.1) is 0 Å². The van der Waals surface area contributed by atoms with Gasteiger partial charge in [-0.3, -0.25) is 14.5 Å². The zero-order chi connectivity index (χ0) is 28.2. The monoisotopic (exact) mass is 548 g/mol. The Morgan fingerprint density at radius 1 is 0.634 bits per heavy atom. The van der Waals surface area contributed by atoms with Gasteiger partial charge in [0.1, 0.15) is 5.82 Å². The molecule has 0 radical (unpaired) electrons. The quantitative estimate of drug-likeness (QED) is 0.325. The maximum absolute atomic E-state index is 14.1. The largest absolute Gasteiger partial charge is 0.338 e. The second-order valence-corrected chi connectivity index (χ2v) is 10.7. The van der Waals surface area contributed by atoms with Crippen molar-refractivity contribution in [1.82, 2.24) is 19.7 Å². The molecule has 0 unspecified atom stereocenters. The molecule has 1 aromatic heterocycles. The van der Waals surface area contributed by atoms with Gasteiger partial charge in [-0.1, -0.05) is 72.8 Å². The molecular weight excluding hydrogens is 515 g/mol. The van der Waals surface area contributed by atoms with Gasteiger partial charge in [-0.25, -0.2) is 9.37 Å². The molecule has 208 valence electrons. The topological polar surface area (TPSA) is 56.8 Å². The number of piperidine rings is 1. The molecule has 0 atom stereocenters. The molecule has 4 aromatic rings. The minimum absolute atomic E-state index is 0.0201.